The molecule has 12 aromatic carbocycles. The van der Waals surface area contributed by atoms with Crippen LogP contribution in [0, 0.1) is 0 Å². The van der Waals surface area contributed by atoms with Gasteiger partial charge in [0.2, 0.25) is 0 Å². The third-order valence-corrected chi connectivity index (χ3v) is 13.0. The van der Waals surface area contributed by atoms with Crippen LogP contribution in [0.4, 0.5) is 0 Å². The summed E-state index contributed by atoms with van der Waals surface area (Å²) in [5.41, 5.74) is 9.47. The number of hydrogen-bond acceptors (Lipinski definition) is 3. The van der Waals surface area contributed by atoms with Crippen molar-refractivity contribution in [3.63, 3.8) is 0 Å². The van der Waals surface area contributed by atoms with Crippen molar-refractivity contribution < 1.29 is 0 Å². The highest BCUT2D eigenvalue weighted by Crippen LogP contribution is 2.45. The fraction of sp³-hybridized carbons (Fsp3) is 0. The zero-order valence-electron chi connectivity index (χ0n) is 34.7. The number of nitrogens with zero attached hydrogens (tertiary/aromatic N) is 3. The van der Waals surface area contributed by atoms with Gasteiger partial charge in [-0.25, -0.2) is 15.0 Å². The molecule has 13 aromatic rings. The van der Waals surface area contributed by atoms with Crippen LogP contribution < -0.4 is 0 Å². The van der Waals surface area contributed by atoms with Gasteiger partial charge in [0.1, 0.15) is 0 Å². The lowest BCUT2D eigenvalue weighted by atomic mass is 9.86. The molecule has 3 heteroatoms. The molecular formula is C61H37N3. The quantitative estimate of drug-likeness (QED) is 0.157. The third kappa shape index (κ3) is 5.79. The van der Waals surface area contributed by atoms with E-state index >= 15 is 0 Å². The molecular weight excluding hydrogens is 775 g/mol. The van der Waals surface area contributed by atoms with Crippen molar-refractivity contribution >= 4 is 64.6 Å². The maximum Gasteiger partial charge on any atom is 0.164 e. The van der Waals surface area contributed by atoms with Gasteiger partial charge in [0.25, 0.3) is 0 Å². The molecule has 13 rings (SSSR count). The second kappa shape index (κ2) is 14.5. The number of fused-ring (bicyclic) bond motifs is 2. The first kappa shape index (κ1) is 36.2. The molecule has 0 aliphatic rings. The Morgan fingerprint density at radius 3 is 1.19 bits per heavy atom. The van der Waals surface area contributed by atoms with E-state index in [4.69, 9.17) is 15.0 Å². The Hall–Kier alpha value is -8.53. The minimum atomic E-state index is 0.625. The highest BCUT2D eigenvalue weighted by Gasteiger charge is 2.20. The molecule has 296 valence electrons. The first-order valence-electron chi connectivity index (χ1n) is 21.8. The summed E-state index contributed by atoms with van der Waals surface area (Å²) in [6.45, 7) is 0. The number of aromatic nitrogens is 3. The van der Waals surface area contributed by atoms with Crippen LogP contribution in [0.15, 0.2) is 224 Å². The van der Waals surface area contributed by atoms with E-state index in [9.17, 15) is 0 Å². The van der Waals surface area contributed by atoms with Crippen molar-refractivity contribution in [3.05, 3.63) is 224 Å². The Bertz CT molecular complexity index is 3940. The molecule has 64 heavy (non-hydrogen) atoms. The smallest absolute Gasteiger partial charge is 0.164 e. The average molecular weight is 812 g/mol. The summed E-state index contributed by atoms with van der Waals surface area (Å²) in [7, 11) is 0. The molecule has 1 heterocycles. The second-order valence-electron chi connectivity index (χ2n) is 16.7. The molecule has 0 bridgehead atoms. The van der Waals surface area contributed by atoms with Crippen LogP contribution in [-0.4, -0.2) is 15.0 Å². The lowest BCUT2D eigenvalue weighted by Gasteiger charge is -2.17. The van der Waals surface area contributed by atoms with Gasteiger partial charge in [-0.2, -0.15) is 0 Å². The van der Waals surface area contributed by atoms with Crippen molar-refractivity contribution in [3.8, 4) is 67.5 Å². The molecule has 0 amide bonds. The van der Waals surface area contributed by atoms with Crippen molar-refractivity contribution in [1.82, 2.24) is 15.0 Å². The van der Waals surface area contributed by atoms with E-state index in [1.165, 1.54) is 70.2 Å². The summed E-state index contributed by atoms with van der Waals surface area (Å²) in [6.07, 6.45) is 0. The van der Waals surface area contributed by atoms with Gasteiger partial charge in [0.15, 0.2) is 17.5 Å². The van der Waals surface area contributed by atoms with Gasteiger partial charge < -0.3 is 0 Å². The SMILES string of the molecule is c1ccc(-c2nc(-c3ccccc3-c3ccccc3)nc(-c3ccccc3-c3cccc(-c4cc5ccc6cccc7c8cccc9ccc%10cccc(c(c4)c5c67)c%10c98)c3)n2)cc1. The van der Waals surface area contributed by atoms with Crippen LogP contribution in [0.2, 0.25) is 0 Å². The molecule has 0 saturated heterocycles. The van der Waals surface area contributed by atoms with Crippen molar-refractivity contribution in [2.24, 2.45) is 0 Å². The van der Waals surface area contributed by atoms with E-state index in [2.05, 4.69) is 200 Å². The first-order valence-corrected chi connectivity index (χ1v) is 21.8. The first-order chi connectivity index (χ1) is 31.7. The van der Waals surface area contributed by atoms with Gasteiger partial charge in [0.05, 0.1) is 0 Å². The fourth-order valence-corrected chi connectivity index (χ4v) is 10.1. The van der Waals surface area contributed by atoms with E-state index < -0.39 is 0 Å². The summed E-state index contributed by atoms with van der Waals surface area (Å²) in [5, 5.41) is 15.3. The van der Waals surface area contributed by atoms with E-state index in [-0.39, 0.29) is 0 Å². The zero-order valence-corrected chi connectivity index (χ0v) is 34.7. The fourth-order valence-electron chi connectivity index (χ4n) is 10.1. The van der Waals surface area contributed by atoms with Crippen molar-refractivity contribution in [1.29, 1.82) is 0 Å². The Labute approximate surface area is 370 Å². The molecule has 0 aliphatic heterocycles. The van der Waals surface area contributed by atoms with Crippen molar-refractivity contribution in [2.45, 2.75) is 0 Å². The normalized spacial score (nSPS) is 11.8. The topological polar surface area (TPSA) is 38.7 Å². The Morgan fingerprint density at radius 1 is 0.203 bits per heavy atom. The minimum absolute atomic E-state index is 0.625. The van der Waals surface area contributed by atoms with Gasteiger partial charge in [-0.15, -0.1) is 0 Å². The molecule has 0 saturated carbocycles. The van der Waals surface area contributed by atoms with Crippen LogP contribution >= 0.6 is 0 Å². The molecule has 0 N–H and O–H groups in total. The van der Waals surface area contributed by atoms with E-state index in [1.807, 2.05) is 24.3 Å². The van der Waals surface area contributed by atoms with Gasteiger partial charge in [-0.3, -0.25) is 0 Å². The Morgan fingerprint density at radius 2 is 0.609 bits per heavy atom. The molecule has 0 fully saturated rings. The van der Waals surface area contributed by atoms with Crippen LogP contribution in [0.3, 0.4) is 0 Å². The van der Waals surface area contributed by atoms with Crippen LogP contribution in [0.5, 0.6) is 0 Å². The molecule has 0 unspecified atom stereocenters. The number of benzene rings is 11. The van der Waals surface area contributed by atoms with Crippen molar-refractivity contribution in [2.75, 3.05) is 0 Å². The second-order valence-corrected chi connectivity index (χ2v) is 16.7. The van der Waals surface area contributed by atoms with Gasteiger partial charge in [-0.1, -0.05) is 206 Å². The number of rotatable bonds is 6. The lowest BCUT2D eigenvalue weighted by molar-refractivity contribution is 1.07. The molecule has 0 spiro atoms. The Kier molecular flexibility index (Phi) is 8.22. The Balaban J connectivity index is 1.02. The summed E-state index contributed by atoms with van der Waals surface area (Å²) in [4.78, 5) is 15.6. The zero-order chi connectivity index (χ0) is 42.1. The van der Waals surface area contributed by atoms with Crippen LogP contribution in [-0.2, 0) is 0 Å². The highest BCUT2D eigenvalue weighted by atomic mass is 15.0. The van der Waals surface area contributed by atoms with Gasteiger partial charge >= 0.3 is 0 Å². The average Bonchev–Trinajstić information content (AvgIpc) is 3.37. The molecule has 3 nitrogen and oxygen atoms in total. The molecule has 0 radical (unpaired) electrons. The number of hydrogen-bond donors (Lipinski definition) is 0. The molecule has 0 aliphatic carbocycles. The predicted molar refractivity (Wildman–Crippen MR) is 269 cm³/mol. The van der Waals surface area contributed by atoms with E-state index in [0.29, 0.717) is 17.5 Å². The summed E-state index contributed by atoms with van der Waals surface area (Å²) < 4.78 is 0. The third-order valence-electron chi connectivity index (χ3n) is 13.0. The molecule has 1 aromatic heterocycles. The maximum atomic E-state index is 5.28. The van der Waals surface area contributed by atoms with Gasteiger partial charge in [-0.05, 0) is 116 Å². The van der Waals surface area contributed by atoms with Crippen LogP contribution in [0.1, 0.15) is 0 Å². The highest BCUT2D eigenvalue weighted by molar-refractivity contribution is 6.37. The summed E-state index contributed by atoms with van der Waals surface area (Å²) >= 11 is 0. The molecule has 0 atom stereocenters. The minimum Gasteiger partial charge on any atom is -0.208 e. The lowest BCUT2D eigenvalue weighted by Crippen LogP contribution is -2.02. The predicted octanol–water partition coefficient (Wildman–Crippen LogP) is 16.2. The monoisotopic (exact) mass is 811 g/mol. The van der Waals surface area contributed by atoms with E-state index in [1.54, 1.807) is 0 Å². The largest absolute Gasteiger partial charge is 0.208 e. The standard InChI is InChI=1S/C61H37N3/c1-3-15-38(16-4-1)47-24-7-9-26-52(47)60-62-59(42-17-5-2-6-18-42)63-61(64-60)53-27-10-8-25-48(53)44-23-11-22-43(35-44)46-36-45-34-33-41-20-13-29-50-49-28-12-19-39-31-32-40-21-14-30-51(57(40)55(39)49)54(37-46)58(45)56(41)50/h1-37H. The van der Waals surface area contributed by atoms with E-state index in [0.717, 1.165) is 44.5 Å². The summed E-state index contributed by atoms with van der Waals surface area (Å²) in [5.74, 6) is 1.89. The maximum absolute atomic E-state index is 5.28. The summed E-state index contributed by atoms with van der Waals surface area (Å²) in [6, 6.07) is 80.7. The van der Waals surface area contributed by atoms with Crippen LogP contribution in [0.25, 0.3) is 132 Å². The van der Waals surface area contributed by atoms with Gasteiger partial charge in [0, 0.05) is 16.7 Å².